The van der Waals surface area contributed by atoms with Crippen LogP contribution in [0.25, 0.3) is 0 Å². The molecule has 1 fully saturated rings. The quantitative estimate of drug-likeness (QED) is 0.575. The van der Waals surface area contributed by atoms with Crippen LogP contribution in [0.5, 0.6) is 0 Å². The van der Waals surface area contributed by atoms with E-state index in [0.29, 0.717) is 12.2 Å². The van der Waals surface area contributed by atoms with Gasteiger partial charge in [0.15, 0.2) is 0 Å². The fourth-order valence-electron chi connectivity index (χ4n) is 3.90. The number of benzene rings is 2. The first-order valence-corrected chi connectivity index (χ1v) is 10.9. The molecule has 0 aromatic heterocycles. The Bertz CT molecular complexity index is 1060. The van der Waals surface area contributed by atoms with Crippen LogP contribution in [0.15, 0.2) is 36.4 Å². The maximum absolute atomic E-state index is 14.6. The van der Waals surface area contributed by atoms with Gasteiger partial charge in [-0.25, -0.2) is 8.78 Å². The van der Waals surface area contributed by atoms with Crippen LogP contribution in [-0.2, 0) is 31.1 Å². The lowest BCUT2D eigenvalue weighted by Gasteiger charge is -2.23. The van der Waals surface area contributed by atoms with Crippen molar-refractivity contribution in [3.63, 3.8) is 0 Å². The highest BCUT2D eigenvalue weighted by Gasteiger charge is 2.32. The van der Waals surface area contributed by atoms with E-state index in [9.17, 15) is 23.2 Å². The van der Waals surface area contributed by atoms with Gasteiger partial charge in [0.1, 0.15) is 17.7 Å². The molecule has 0 aliphatic carbocycles. The first-order chi connectivity index (χ1) is 16.0. The summed E-state index contributed by atoms with van der Waals surface area (Å²) in [6, 6.07) is 7.81. The van der Waals surface area contributed by atoms with E-state index in [1.807, 2.05) is 0 Å². The number of amides is 3. The molecule has 3 amide bonds. The Kier molecular flexibility index (Phi) is 7.66. The van der Waals surface area contributed by atoms with Gasteiger partial charge in [0.25, 0.3) is 5.91 Å². The number of rotatable bonds is 7. The number of nitrogens with one attached hydrogen (secondary N) is 3. The largest absolute Gasteiger partial charge is 0.380 e. The highest BCUT2D eigenvalue weighted by atomic mass is 19.1. The molecular weight excluding hydrogens is 444 g/mol. The zero-order valence-electron chi connectivity index (χ0n) is 19.6. The maximum Gasteiger partial charge on any atom is 0.251 e. The monoisotopic (exact) mass is 473 g/mol. The van der Waals surface area contributed by atoms with Crippen molar-refractivity contribution in [3.8, 4) is 0 Å². The van der Waals surface area contributed by atoms with Gasteiger partial charge in [-0.3, -0.25) is 14.4 Å². The Hall–Kier alpha value is -3.33. The molecule has 1 aliphatic heterocycles. The first kappa shape index (κ1) is 25.3. The summed E-state index contributed by atoms with van der Waals surface area (Å²) in [4.78, 5) is 37.4. The topological polar surface area (TPSA) is 96.5 Å². The zero-order valence-corrected chi connectivity index (χ0v) is 19.6. The van der Waals surface area contributed by atoms with Crippen molar-refractivity contribution >= 4 is 23.4 Å². The molecule has 1 heterocycles. The average molecular weight is 474 g/mol. The summed E-state index contributed by atoms with van der Waals surface area (Å²) in [6.07, 6.45) is 0.0254. The van der Waals surface area contributed by atoms with Gasteiger partial charge in [0.2, 0.25) is 11.8 Å². The second kappa shape index (κ2) is 10.3. The summed E-state index contributed by atoms with van der Waals surface area (Å²) in [5, 5.41) is 7.76. The van der Waals surface area contributed by atoms with Crippen molar-refractivity contribution in [1.82, 2.24) is 10.6 Å². The summed E-state index contributed by atoms with van der Waals surface area (Å²) in [6.45, 7) is 5.62. The molecule has 0 saturated carbocycles. The van der Waals surface area contributed by atoms with E-state index in [-0.39, 0.29) is 30.1 Å². The van der Waals surface area contributed by atoms with Gasteiger partial charge >= 0.3 is 0 Å². The number of ether oxygens (including phenoxy) is 1. The lowest BCUT2D eigenvalue weighted by atomic mass is 9.86. The number of anilines is 1. The Morgan fingerprint density at radius 1 is 1.15 bits per heavy atom. The van der Waals surface area contributed by atoms with Crippen LogP contribution in [-0.4, -0.2) is 31.4 Å². The minimum atomic E-state index is -1.15. The summed E-state index contributed by atoms with van der Waals surface area (Å²) in [5.41, 5.74) is 0.423. The number of hydrogen-bond acceptors (Lipinski definition) is 4. The lowest BCUT2D eigenvalue weighted by molar-refractivity contribution is -0.129. The molecule has 2 aromatic rings. The number of hydrogen-bond donors (Lipinski definition) is 3. The highest BCUT2D eigenvalue weighted by Crippen LogP contribution is 2.30. The van der Waals surface area contributed by atoms with Crippen LogP contribution < -0.4 is 16.0 Å². The van der Waals surface area contributed by atoms with Crippen LogP contribution in [0.1, 0.15) is 49.9 Å². The van der Waals surface area contributed by atoms with Crippen LogP contribution in [0.3, 0.4) is 0 Å². The minimum absolute atomic E-state index is 0.0254. The molecule has 2 atom stereocenters. The van der Waals surface area contributed by atoms with E-state index in [1.165, 1.54) is 0 Å². The fourth-order valence-corrected chi connectivity index (χ4v) is 3.90. The molecule has 0 bridgehead atoms. The van der Waals surface area contributed by atoms with Gasteiger partial charge in [-0.05, 0) is 28.7 Å². The highest BCUT2D eigenvalue weighted by molar-refractivity contribution is 5.99. The predicted molar refractivity (Wildman–Crippen MR) is 123 cm³/mol. The third-order valence-electron chi connectivity index (χ3n) is 5.58. The Morgan fingerprint density at radius 2 is 1.76 bits per heavy atom. The number of carbonyl (C=O) groups is 3. The molecule has 1 saturated heterocycles. The van der Waals surface area contributed by atoms with Gasteiger partial charge < -0.3 is 20.7 Å². The third-order valence-corrected chi connectivity index (χ3v) is 5.58. The smallest absolute Gasteiger partial charge is 0.251 e. The van der Waals surface area contributed by atoms with Crippen molar-refractivity contribution in [2.75, 3.05) is 19.0 Å². The fraction of sp³-hybridized carbons (Fsp3) is 0.400. The summed E-state index contributed by atoms with van der Waals surface area (Å²) in [7, 11) is 1.56. The van der Waals surface area contributed by atoms with Crippen molar-refractivity contribution in [2.24, 2.45) is 5.92 Å². The van der Waals surface area contributed by atoms with Gasteiger partial charge in [0, 0.05) is 31.3 Å². The van der Waals surface area contributed by atoms with E-state index in [1.54, 1.807) is 52.1 Å². The number of halogens is 2. The molecule has 3 N–H and O–H groups in total. The van der Waals surface area contributed by atoms with Gasteiger partial charge in [0.05, 0.1) is 12.5 Å². The van der Waals surface area contributed by atoms with E-state index in [2.05, 4.69) is 16.0 Å². The van der Waals surface area contributed by atoms with E-state index >= 15 is 0 Å². The minimum Gasteiger partial charge on any atom is -0.380 e. The molecule has 9 heteroatoms. The number of methoxy groups -OCH3 is 1. The Balaban J connectivity index is 1.87. The van der Waals surface area contributed by atoms with Gasteiger partial charge in [-0.15, -0.1) is 0 Å². The van der Waals surface area contributed by atoms with Gasteiger partial charge in [-0.1, -0.05) is 45.0 Å². The molecule has 0 spiro atoms. The first-order valence-electron chi connectivity index (χ1n) is 10.9. The molecule has 3 rings (SSSR count). The van der Waals surface area contributed by atoms with Crippen molar-refractivity contribution in [1.29, 1.82) is 0 Å². The van der Waals surface area contributed by atoms with E-state index in [4.69, 9.17) is 4.74 Å². The lowest BCUT2D eigenvalue weighted by Crippen LogP contribution is -2.40. The second-order valence-corrected chi connectivity index (χ2v) is 9.38. The zero-order chi connectivity index (χ0) is 25.0. The molecule has 0 radical (unpaired) electrons. The summed E-state index contributed by atoms with van der Waals surface area (Å²) >= 11 is 0. The molecule has 0 unspecified atom stereocenters. The molecule has 7 nitrogen and oxygen atoms in total. The molecule has 182 valence electrons. The van der Waals surface area contributed by atoms with Crippen LogP contribution in [0, 0.1) is 17.6 Å². The average Bonchev–Trinajstić information content (AvgIpc) is 3.17. The van der Waals surface area contributed by atoms with E-state index < -0.39 is 40.8 Å². The normalized spacial score (nSPS) is 16.6. The van der Waals surface area contributed by atoms with Crippen LogP contribution in [0.2, 0.25) is 0 Å². The van der Waals surface area contributed by atoms with Gasteiger partial charge in [-0.2, -0.15) is 0 Å². The third kappa shape index (κ3) is 5.96. The Morgan fingerprint density at radius 3 is 2.26 bits per heavy atom. The van der Waals surface area contributed by atoms with E-state index in [0.717, 1.165) is 17.7 Å². The predicted octanol–water partition coefficient (Wildman–Crippen LogP) is 3.34. The SMILES string of the molecule is COCc1ccc([C@@H](NC(=O)[C@H]2CNC(=O)C2)C(=O)Nc2cc(F)c(C(C)(C)C)c(F)c2)cc1. The molecule has 2 aromatic carbocycles. The maximum atomic E-state index is 14.6. The summed E-state index contributed by atoms with van der Waals surface area (Å²) < 4.78 is 34.4. The number of carbonyl (C=O) groups excluding carboxylic acids is 3. The molecule has 1 aliphatic rings. The van der Waals surface area contributed by atoms with Crippen molar-refractivity contribution in [3.05, 3.63) is 64.7 Å². The second-order valence-electron chi connectivity index (χ2n) is 9.38. The van der Waals surface area contributed by atoms with Crippen LogP contribution >= 0.6 is 0 Å². The van der Waals surface area contributed by atoms with Crippen molar-refractivity contribution < 1.29 is 27.9 Å². The van der Waals surface area contributed by atoms with Crippen molar-refractivity contribution in [2.45, 2.75) is 45.3 Å². The Labute approximate surface area is 197 Å². The molecular formula is C25H29F2N3O4. The summed E-state index contributed by atoms with van der Waals surface area (Å²) in [5.74, 6) is -3.55. The molecule has 34 heavy (non-hydrogen) atoms. The van der Waals surface area contributed by atoms with Crippen LogP contribution in [0.4, 0.5) is 14.5 Å². The standard InChI is InChI=1S/C25H29F2N3O4/c1-25(2,3)21-18(26)10-17(11-19(21)27)29-24(33)22(15-7-5-14(6-8-15)13-34-4)30-23(32)16-9-20(31)28-12-16/h5-8,10-11,16,22H,9,12-13H2,1-4H3,(H,28,31)(H,29,33)(H,30,32)/t16-,22-/m1/s1.